The molecule has 0 aromatic heterocycles. The second-order valence-electron chi connectivity index (χ2n) is 5.42. The molecular weight excluding hydrogens is 300 g/mol. The fourth-order valence-corrected chi connectivity index (χ4v) is 4.00. The first kappa shape index (κ1) is 11.4. The molecule has 1 nitrogen and oxygen atoms in total. The summed E-state index contributed by atoms with van der Waals surface area (Å²) in [6.45, 7) is 0. The Morgan fingerprint density at radius 3 is 2.79 bits per heavy atom. The summed E-state index contributed by atoms with van der Waals surface area (Å²) in [6.07, 6.45) is 2.01. The predicted molar refractivity (Wildman–Crippen MR) is 78.6 cm³/mol. The Balaban J connectivity index is 1.96. The first-order valence-electron chi connectivity index (χ1n) is 6.67. The Labute approximate surface area is 120 Å². The average Bonchev–Trinajstić information content (AvgIpc) is 2.72. The number of rotatable bonds is 0. The summed E-state index contributed by atoms with van der Waals surface area (Å²) in [5.74, 6) is 0.760. The quantitative estimate of drug-likeness (QED) is 0.707. The largest absolute Gasteiger partial charge is 0.294 e. The van der Waals surface area contributed by atoms with Crippen molar-refractivity contribution in [2.45, 2.75) is 18.8 Å². The summed E-state index contributed by atoms with van der Waals surface area (Å²) in [5.41, 5.74) is 4.90. The number of ketones is 1. The van der Waals surface area contributed by atoms with E-state index in [-0.39, 0.29) is 11.8 Å². The van der Waals surface area contributed by atoms with Crippen molar-refractivity contribution in [2.75, 3.05) is 0 Å². The molecule has 0 amide bonds. The van der Waals surface area contributed by atoms with Crippen LogP contribution >= 0.6 is 15.9 Å². The van der Waals surface area contributed by atoms with Gasteiger partial charge in [-0.2, -0.15) is 0 Å². The predicted octanol–water partition coefficient (Wildman–Crippen LogP) is 4.34. The molecule has 0 saturated carbocycles. The molecule has 2 aliphatic rings. The highest BCUT2D eigenvalue weighted by atomic mass is 79.9. The van der Waals surface area contributed by atoms with Crippen molar-refractivity contribution in [3.8, 4) is 0 Å². The highest BCUT2D eigenvalue weighted by Gasteiger charge is 2.42. The van der Waals surface area contributed by atoms with Gasteiger partial charge in [0, 0.05) is 21.9 Å². The van der Waals surface area contributed by atoms with Gasteiger partial charge >= 0.3 is 0 Å². The molecule has 2 aromatic carbocycles. The summed E-state index contributed by atoms with van der Waals surface area (Å²) < 4.78 is 0.992. The van der Waals surface area contributed by atoms with Gasteiger partial charge in [0.25, 0.3) is 0 Å². The van der Waals surface area contributed by atoms with Crippen LogP contribution in [0.3, 0.4) is 0 Å². The van der Waals surface area contributed by atoms with Gasteiger partial charge in [-0.05, 0) is 41.7 Å². The number of carbonyl (C=O) groups is 1. The van der Waals surface area contributed by atoms with E-state index in [1.165, 1.54) is 16.7 Å². The normalized spacial score (nSPS) is 23.7. The van der Waals surface area contributed by atoms with Crippen molar-refractivity contribution < 1.29 is 4.79 Å². The van der Waals surface area contributed by atoms with E-state index in [0.717, 1.165) is 22.9 Å². The van der Waals surface area contributed by atoms with Gasteiger partial charge in [0.1, 0.15) is 0 Å². The van der Waals surface area contributed by atoms with E-state index in [4.69, 9.17) is 0 Å². The third-order valence-electron chi connectivity index (χ3n) is 4.47. The fraction of sp³-hybridized carbons (Fsp3) is 0.235. The number of fused-ring (bicyclic) bond motifs is 5. The van der Waals surface area contributed by atoms with E-state index < -0.39 is 0 Å². The Morgan fingerprint density at radius 2 is 1.89 bits per heavy atom. The minimum absolute atomic E-state index is 0.152. The summed E-state index contributed by atoms with van der Waals surface area (Å²) in [7, 11) is 0. The van der Waals surface area contributed by atoms with Crippen molar-refractivity contribution in [1.29, 1.82) is 0 Å². The molecule has 0 radical (unpaired) electrons. The Kier molecular flexibility index (Phi) is 2.43. The lowest BCUT2D eigenvalue weighted by Crippen LogP contribution is -2.21. The first-order valence-corrected chi connectivity index (χ1v) is 7.46. The van der Waals surface area contributed by atoms with Gasteiger partial charge < -0.3 is 0 Å². The maximum Gasteiger partial charge on any atom is 0.167 e. The molecular formula is C17H13BrO. The smallest absolute Gasteiger partial charge is 0.167 e. The van der Waals surface area contributed by atoms with Gasteiger partial charge in [-0.3, -0.25) is 4.79 Å². The monoisotopic (exact) mass is 312 g/mol. The van der Waals surface area contributed by atoms with E-state index >= 15 is 0 Å². The lowest BCUT2D eigenvalue weighted by Gasteiger charge is -2.27. The minimum atomic E-state index is 0.152. The van der Waals surface area contributed by atoms with Crippen LogP contribution in [0.1, 0.15) is 39.4 Å². The zero-order valence-corrected chi connectivity index (χ0v) is 12.0. The van der Waals surface area contributed by atoms with Crippen molar-refractivity contribution in [3.63, 3.8) is 0 Å². The van der Waals surface area contributed by atoms with Gasteiger partial charge in [-0.15, -0.1) is 0 Å². The van der Waals surface area contributed by atoms with Gasteiger partial charge in [-0.1, -0.05) is 46.3 Å². The zero-order chi connectivity index (χ0) is 13.0. The van der Waals surface area contributed by atoms with E-state index in [9.17, 15) is 4.79 Å². The molecule has 2 aromatic rings. The molecule has 0 aliphatic heterocycles. The maximum atomic E-state index is 12.6. The van der Waals surface area contributed by atoms with E-state index in [1.807, 2.05) is 12.1 Å². The average molecular weight is 313 g/mol. The van der Waals surface area contributed by atoms with Gasteiger partial charge in [-0.25, -0.2) is 0 Å². The number of halogens is 1. The molecule has 0 N–H and O–H groups in total. The maximum absolute atomic E-state index is 12.6. The SMILES string of the molecule is O=C1c2cc(Br)ccc2C2c3ccccc3CCC12. The van der Waals surface area contributed by atoms with Gasteiger partial charge in [0.05, 0.1) is 0 Å². The van der Waals surface area contributed by atoms with Crippen molar-refractivity contribution in [1.82, 2.24) is 0 Å². The first-order chi connectivity index (χ1) is 9.25. The second-order valence-corrected chi connectivity index (χ2v) is 6.33. The lowest BCUT2D eigenvalue weighted by atomic mass is 9.75. The Hall–Kier alpha value is -1.41. The van der Waals surface area contributed by atoms with E-state index in [2.05, 4.69) is 46.3 Å². The molecule has 2 heteroatoms. The molecule has 0 heterocycles. The fourth-order valence-electron chi connectivity index (χ4n) is 3.64. The second kappa shape index (κ2) is 4.04. The molecule has 0 spiro atoms. The van der Waals surface area contributed by atoms with Crippen molar-refractivity contribution in [2.24, 2.45) is 5.92 Å². The third kappa shape index (κ3) is 1.56. The van der Waals surface area contributed by atoms with Crippen molar-refractivity contribution >= 4 is 21.7 Å². The van der Waals surface area contributed by atoms with Crippen LogP contribution in [0.15, 0.2) is 46.9 Å². The number of aryl methyl sites for hydroxylation is 1. The molecule has 0 bridgehead atoms. The van der Waals surface area contributed by atoms with Crippen LogP contribution in [0.4, 0.5) is 0 Å². The third-order valence-corrected chi connectivity index (χ3v) is 4.96. The van der Waals surface area contributed by atoms with Gasteiger partial charge in [0.15, 0.2) is 5.78 Å². The molecule has 19 heavy (non-hydrogen) atoms. The zero-order valence-electron chi connectivity index (χ0n) is 10.4. The number of Topliss-reactive ketones (excluding diaryl/α,β-unsaturated/α-hetero) is 1. The molecule has 94 valence electrons. The number of carbonyl (C=O) groups excluding carboxylic acids is 1. The van der Waals surface area contributed by atoms with E-state index in [0.29, 0.717) is 5.78 Å². The Morgan fingerprint density at radius 1 is 1.05 bits per heavy atom. The summed E-state index contributed by atoms with van der Waals surface area (Å²) in [6, 6.07) is 14.7. The highest BCUT2D eigenvalue weighted by Crippen LogP contribution is 2.48. The topological polar surface area (TPSA) is 17.1 Å². The standard InChI is InChI=1S/C17H13BrO/c18-11-6-8-13-15(9-11)17(19)14-7-5-10-3-1-2-4-12(10)16(13)14/h1-4,6,8-9,14,16H,5,7H2. The lowest BCUT2D eigenvalue weighted by molar-refractivity contribution is 0.0919. The molecule has 0 saturated heterocycles. The minimum Gasteiger partial charge on any atom is -0.294 e. The van der Waals surface area contributed by atoms with Crippen LogP contribution in [0.5, 0.6) is 0 Å². The van der Waals surface area contributed by atoms with Crippen LogP contribution < -0.4 is 0 Å². The van der Waals surface area contributed by atoms with Crippen molar-refractivity contribution in [3.05, 3.63) is 69.2 Å². The van der Waals surface area contributed by atoms with Crippen LogP contribution in [0, 0.1) is 5.92 Å². The molecule has 2 aliphatic carbocycles. The summed E-state index contributed by atoms with van der Waals surface area (Å²) >= 11 is 3.47. The number of hydrogen-bond acceptors (Lipinski definition) is 1. The van der Waals surface area contributed by atoms with Crippen LogP contribution in [0.2, 0.25) is 0 Å². The van der Waals surface area contributed by atoms with Crippen LogP contribution in [0.25, 0.3) is 0 Å². The molecule has 2 unspecified atom stereocenters. The van der Waals surface area contributed by atoms with Crippen LogP contribution in [-0.2, 0) is 6.42 Å². The molecule has 4 rings (SSSR count). The molecule has 2 atom stereocenters. The van der Waals surface area contributed by atoms with Crippen LogP contribution in [-0.4, -0.2) is 5.78 Å². The Bertz CT molecular complexity index is 689. The molecule has 0 fully saturated rings. The summed E-state index contributed by atoms with van der Waals surface area (Å²) in [4.78, 5) is 12.6. The number of hydrogen-bond donors (Lipinski definition) is 0. The number of benzene rings is 2. The van der Waals surface area contributed by atoms with E-state index in [1.54, 1.807) is 0 Å². The highest BCUT2D eigenvalue weighted by molar-refractivity contribution is 9.10. The summed E-state index contributed by atoms with van der Waals surface area (Å²) in [5, 5.41) is 0. The van der Waals surface area contributed by atoms with Gasteiger partial charge in [0.2, 0.25) is 0 Å².